The molecule has 0 radical (unpaired) electrons. The number of amides is 1. The number of methoxy groups -OCH3 is 1. The highest BCUT2D eigenvalue weighted by Crippen LogP contribution is 2.28. The monoisotopic (exact) mass is 363 g/mol. The lowest BCUT2D eigenvalue weighted by Crippen LogP contribution is -2.22. The molecule has 0 saturated carbocycles. The topological polar surface area (TPSA) is 125 Å². The van der Waals surface area contributed by atoms with Crippen molar-refractivity contribution in [2.75, 3.05) is 17.1 Å². The van der Waals surface area contributed by atoms with E-state index >= 15 is 0 Å². The van der Waals surface area contributed by atoms with Gasteiger partial charge in [0.25, 0.3) is 10.0 Å². The zero-order valence-corrected chi connectivity index (χ0v) is 14.2. The van der Waals surface area contributed by atoms with E-state index in [1.807, 2.05) is 0 Å². The molecule has 0 fully saturated rings. The number of carboxylic acid groups (broad SMARTS) is 1. The molecule has 2 N–H and O–H groups in total. The second kappa shape index (κ2) is 7.22. The van der Waals surface area contributed by atoms with Crippen LogP contribution < -0.4 is 19.9 Å². The Morgan fingerprint density at radius 2 is 1.84 bits per heavy atom. The number of aromatic carboxylic acids is 1. The summed E-state index contributed by atoms with van der Waals surface area (Å²) in [6.45, 7) is 1.32. The largest absolute Gasteiger partial charge is 0.545 e. The maximum absolute atomic E-state index is 12.5. The van der Waals surface area contributed by atoms with E-state index in [0.717, 1.165) is 6.07 Å². The lowest BCUT2D eigenvalue weighted by atomic mass is 10.2. The summed E-state index contributed by atoms with van der Waals surface area (Å²) in [4.78, 5) is 21.9. The van der Waals surface area contributed by atoms with Crippen LogP contribution in [0.5, 0.6) is 5.75 Å². The average molecular weight is 363 g/mol. The van der Waals surface area contributed by atoms with E-state index < -0.39 is 16.0 Å². The number of ether oxygens (including phenoxy) is 1. The third-order valence-electron chi connectivity index (χ3n) is 3.14. The number of carboxylic acids is 1. The van der Waals surface area contributed by atoms with Crippen molar-refractivity contribution in [2.24, 2.45) is 0 Å². The third kappa shape index (κ3) is 4.48. The summed E-state index contributed by atoms with van der Waals surface area (Å²) in [5, 5.41) is 13.4. The first-order valence-electron chi connectivity index (χ1n) is 7.03. The van der Waals surface area contributed by atoms with Gasteiger partial charge >= 0.3 is 0 Å². The van der Waals surface area contributed by atoms with Crippen LogP contribution in [0.15, 0.2) is 47.4 Å². The SMILES string of the molecule is COc1cc(S(=O)(=O)Nc2cccc(C(=O)[O-])c2)ccc1NC(C)=O. The first kappa shape index (κ1) is 18.3. The van der Waals surface area contributed by atoms with Gasteiger partial charge in [-0.05, 0) is 29.8 Å². The molecule has 0 aliphatic rings. The van der Waals surface area contributed by atoms with Crippen molar-refractivity contribution >= 4 is 33.3 Å². The summed E-state index contributed by atoms with van der Waals surface area (Å²) in [7, 11) is -2.65. The highest BCUT2D eigenvalue weighted by atomic mass is 32.2. The van der Waals surface area contributed by atoms with Gasteiger partial charge in [-0.1, -0.05) is 12.1 Å². The van der Waals surface area contributed by atoms with Crippen molar-refractivity contribution in [3.63, 3.8) is 0 Å². The highest BCUT2D eigenvalue weighted by molar-refractivity contribution is 7.92. The van der Waals surface area contributed by atoms with Crippen LogP contribution in [0, 0.1) is 0 Å². The lowest BCUT2D eigenvalue weighted by Gasteiger charge is -2.13. The number of carbonyl (C=O) groups excluding carboxylic acids is 2. The molecule has 0 unspecified atom stereocenters. The molecule has 8 nitrogen and oxygen atoms in total. The Morgan fingerprint density at radius 3 is 2.44 bits per heavy atom. The molecule has 2 aromatic carbocycles. The molecule has 2 rings (SSSR count). The maximum atomic E-state index is 12.5. The first-order valence-corrected chi connectivity index (χ1v) is 8.51. The molecule has 0 bridgehead atoms. The maximum Gasteiger partial charge on any atom is 0.262 e. The zero-order valence-electron chi connectivity index (χ0n) is 13.4. The summed E-state index contributed by atoms with van der Waals surface area (Å²) in [5.74, 6) is -1.57. The number of sulfonamides is 1. The zero-order chi connectivity index (χ0) is 18.6. The summed E-state index contributed by atoms with van der Waals surface area (Å²) >= 11 is 0. The number of benzene rings is 2. The summed E-state index contributed by atoms with van der Waals surface area (Å²) < 4.78 is 32.3. The van der Waals surface area contributed by atoms with Gasteiger partial charge in [-0.15, -0.1) is 0 Å². The minimum absolute atomic E-state index is 0.0756. The summed E-state index contributed by atoms with van der Waals surface area (Å²) in [6.07, 6.45) is 0. The molecule has 25 heavy (non-hydrogen) atoms. The van der Waals surface area contributed by atoms with Crippen LogP contribution in [-0.2, 0) is 14.8 Å². The van der Waals surface area contributed by atoms with Crippen LogP contribution in [0.3, 0.4) is 0 Å². The Labute approximate surface area is 144 Å². The minimum atomic E-state index is -3.99. The summed E-state index contributed by atoms with van der Waals surface area (Å²) in [5.41, 5.74) is 0.248. The molecule has 0 aliphatic heterocycles. The molecule has 0 atom stereocenters. The summed E-state index contributed by atoms with van der Waals surface area (Å²) in [6, 6.07) is 9.17. The van der Waals surface area contributed by atoms with Gasteiger partial charge in [0.05, 0.1) is 23.7 Å². The van der Waals surface area contributed by atoms with E-state index in [2.05, 4.69) is 10.0 Å². The average Bonchev–Trinajstić information content (AvgIpc) is 2.54. The lowest BCUT2D eigenvalue weighted by molar-refractivity contribution is -0.255. The predicted molar refractivity (Wildman–Crippen MR) is 88.9 cm³/mol. The molecule has 0 saturated heterocycles. The van der Waals surface area contributed by atoms with Gasteiger partial charge in [0.15, 0.2) is 0 Å². The Kier molecular flexibility index (Phi) is 5.28. The number of hydrogen-bond donors (Lipinski definition) is 2. The third-order valence-corrected chi connectivity index (χ3v) is 4.52. The fraction of sp³-hybridized carbons (Fsp3) is 0.125. The number of anilines is 2. The van der Waals surface area contributed by atoms with Crippen molar-refractivity contribution in [3.8, 4) is 5.75 Å². The van der Waals surface area contributed by atoms with Crippen LogP contribution in [-0.4, -0.2) is 27.4 Å². The number of rotatable bonds is 6. The fourth-order valence-corrected chi connectivity index (χ4v) is 3.12. The second-order valence-electron chi connectivity index (χ2n) is 5.02. The molecule has 0 heterocycles. The van der Waals surface area contributed by atoms with Gasteiger partial charge in [0, 0.05) is 18.7 Å². The molecule has 1 amide bonds. The van der Waals surface area contributed by atoms with Crippen molar-refractivity contribution in [2.45, 2.75) is 11.8 Å². The van der Waals surface area contributed by atoms with E-state index in [1.165, 1.54) is 50.4 Å². The predicted octanol–water partition coefficient (Wildman–Crippen LogP) is 0.818. The minimum Gasteiger partial charge on any atom is -0.545 e. The van der Waals surface area contributed by atoms with Gasteiger partial charge in [-0.25, -0.2) is 8.42 Å². The standard InChI is InChI=1S/C16H16N2O6S/c1-10(19)17-14-7-6-13(9-15(14)24-2)25(22,23)18-12-5-3-4-11(8-12)16(20)21/h3-9,18H,1-2H3,(H,17,19)(H,20,21)/p-1. The van der Waals surface area contributed by atoms with Crippen LogP contribution in [0.2, 0.25) is 0 Å². The van der Waals surface area contributed by atoms with Crippen LogP contribution in [0.1, 0.15) is 17.3 Å². The van der Waals surface area contributed by atoms with E-state index in [4.69, 9.17) is 4.74 Å². The van der Waals surface area contributed by atoms with E-state index in [0.29, 0.717) is 5.69 Å². The Morgan fingerprint density at radius 1 is 1.12 bits per heavy atom. The van der Waals surface area contributed by atoms with E-state index in [1.54, 1.807) is 0 Å². The van der Waals surface area contributed by atoms with Gasteiger partial charge in [0.2, 0.25) is 5.91 Å². The molecule has 0 aliphatic carbocycles. The molecule has 132 valence electrons. The normalized spacial score (nSPS) is 10.8. The van der Waals surface area contributed by atoms with Crippen molar-refractivity contribution in [1.29, 1.82) is 0 Å². The molecular formula is C16H15N2O6S-. The van der Waals surface area contributed by atoms with Crippen LogP contribution >= 0.6 is 0 Å². The van der Waals surface area contributed by atoms with Crippen molar-refractivity contribution < 1.29 is 27.9 Å². The highest BCUT2D eigenvalue weighted by Gasteiger charge is 2.17. The molecule has 0 aromatic heterocycles. The molecule has 9 heteroatoms. The van der Waals surface area contributed by atoms with E-state index in [-0.39, 0.29) is 27.8 Å². The Hall–Kier alpha value is -3.07. The van der Waals surface area contributed by atoms with Crippen LogP contribution in [0.25, 0.3) is 0 Å². The molecule has 0 spiro atoms. The van der Waals surface area contributed by atoms with Gasteiger partial charge in [-0.2, -0.15) is 0 Å². The van der Waals surface area contributed by atoms with Gasteiger partial charge < -0.3 is 20.0 Å². The Balaban J connectivity index is 2.34. The quantitative estimate of drug-likeness (QED) is 0.783. The van der Waals surface area contributed by atoms with Gasteiger partial charge in [-0.3, -0.25) is 9.52 Å². The van der Waals surface area contributed by atoms with Gasteiger partial charge in [0.1, 0.15) is 5.75 Å². The number of hydrogen-bond acceptors (Lipinski definition) is 6. The van der Waals surface area contributed by atoms with Crippen LogP contribution in [0.4, 0.5) is 11.4 Å². The number of carbonyl (C=O) groups is 2. The second-order valence-corrected chi connectivity index (χ2v) is 6.70. The van der Waals surface area contributed by atoms with Crippen molar-refractivity contribution in [1.82, 2.24) is 0 Å². The number of nitrogens with one attached hydrogen (secondary N) is 2. The first-order chi connectivity index (χ1) is 11.7. The fourth-order valence-electron chi connectivity index (χ4n) is 2.06. The smallest absolute Gasteiger partial charge is 0.262 e. The Bertz CT molecular complexity index is 924. The molecular weight excluding hydrogens is 348 g/mol. The van der Waals surface area contributed by atoms with Crippen molar-refractivity contribution in [3.05, 3.63) is 48.0 Å². The van der Waals surface area contributed by atoms with E-state index in [9.17, 15) is 23.1 Å². The molecule has 2 aromatic rings.